The highest BCUT2D eigenvalue weighted by Crippen LogP contribution is 2.25. The molecule has 2 N–H and O–H groups in total. The second kappa shape index (κ2) is 8.51. The van der Waals surface area contributed by atoms with E-state index >= 15 is 0 Å². The smallest absolute Gasteiger partial charge is 0.127 e. The Hall–Kier alpha value is -1.58. The predicted octanol–water partition coefficient (Wildman–Crippen LogP) is 2.83. The number of aliphatic hydroxyl groups excluding tert-OH is 1. The zero-order valence-corrected chi connectivity index (χ0v) is 11.9. The first-order valence-electron chi connectivity index (χ1n) is 6.74. The van der Waals surface area contributed by atoms with E-state index in [0.29, 0.717) is 13.2 Å². The largest absolute Gasteiger partial charge is 0.490 e. The molecule has 3 heteroatoms. The van der Waals surface area contributed by atoms with Crippen molar-refractivity contribution in [3.63, 3.8) is 0 Å². The van der Waals surface area contributed by atoms with Crippen LogP contribution in [0.4, 0.5) is 0 Å². The Morgan fingerprint density at radius 2 is 1.79 bits per heavy atom. The summed E-state index contributed by atoms with van der Waals surface area (Å²) in [5, 5.41) is 14.7. The van der Waals surface area contributed by atoms with Crippen LogP contribution < -0.4 is 10.1 Å². The molecule has 0 aliphatic carbocycles. The molecule has 19 heavy (non-hydrogen) atoms. The third-order valence-electron chi connectivity index (χ3n) is 2.62. The van der Waals surface area contributed by atoms with Gasteiger partial charge in [0.25, 0.3) is 0 Å². The Bertz CT molecular complexity index is 480. The Balaban J connectivity index is 0.000000861. The lowest BCUT2D eigenvalue weighted by atomic mass is 10.1. The van der Waals surface area contributed by atoms with Gasteiger partial charge in [-0.2, -0.15) is 0 Å². The Labute approximate surface area is 115 Å². The quantitative estimate of drug-likeness (QED) is 0.869. The van der Waals surface area contributed by atoms with E-state index in [1.165, 1.54) is 0 Å². The summed E-state index contributed by atoms with van der Waals surface area (Å²) in [6, 6.07) is 14.0. The first kappa shape index (κ1) is 15.5. The fourth-order valence-corrected chi connectivity index (χ4v) is 1.80. The summed E-state index contributed by atoms with van der Waals surface area (Å²) in [7, 11) is 1.81. The third kappa shape index (κ3) is 4.54. The summed E-state index contributed by atoms with van der Waals surface area (Å²) in [5.74, 6) is 0.818. The third-order valence-corrected chi connectivity index (χ3v) is 2.62. The van der Waals surface area contributed by atoms with Crippen molar-refractivity contribution in [1.82, 2.24) is 5.32 Å². The number of fused-ring (bicyclic) bond motifs is 1. The zero-order valence-electron chi connectivity index (χ0n) is 11.9. The minimum atomic E-state index is -0.487. The summed E-state index contributed by atoms with van der Waals surface area (Å²) >= 11 is 0. The fraction of sp³-hybridized carbons (Fsp3) is 0.375. The first-order chi connectivity index (χ1) is 9.31. The molecule has 0 amide bonds. The molecular formula is C16H23NO2. The van der Waals surface area contributed by atoms with Crippen LogP contribution in [0.3, 0.4) is 0 Å². The molecule has 0 saturated heterocycles. The molecule has 0 fully saturated rings. The van der Waals surface area contributed by atoms with Crippen LogP contribution in [0, 0.1) is 0 Å². The van der Waals surface area contributed by atoms with Crippen molar-refractivity contribution < 1.29 is 9.84 Å². The van der Waals surface area contributed by atoms with E-state index in [1.807, 2.05) is 56.3 Å². The van der Waals surface area contributed by atoms with Crippen LogP contribution in [0.1, 0.15) is 13.8 Å². The fourth-order valence-electron chi connectivity index (χ4n) is 1.80. The predicted molar refractivity (Wildman–Crippen MR) is 80.7 cm³/mol. The lowest BCUT2D eigenvalue weighted by Gasteiger charge is -2.13. The molecule has 104 valence electrons. The Morgan fingerprint density at radius 1 is 1.11 bits per heavy atom. The second-order valence-electron chi connectivity index (χ2n) is 4.00. The molecule has 0 radical (unpaired) electrons. The Morgan fingerprint density at radius 3 is 2.53 bits per heavy atom. The van der Waals surface area contributed by atoms with Gasteiger partial charge in [0.05, 0.1) is 0 Å². The molecule has 2 rings (SSSR count). The lowest BCUT2D eigenvalue weighted by molar-refractivity contribution is 0.109. The van der Waals surface area contributed by atoms with Gasteiger partial charge >= 0.3 is 0 Å². The van der Waals surface area contributed by atoms with E-state index in [2.05, 4.69) is 5.32 Å². The number of aliphatic hydroxyl groups is 1. The monoisotopic (exact) mass is 261 g/mol. The first-order valence-corrected chi connectivity index (χ1v) is 6.74. The van der Waals surface area contributed by atoms with Crippen LogP contribution >= 0.6 is 0 Å². The van der Waals surface area contributed by atoms with Crippen LogP contribution in [0.2, 0.25) is 0 Å². The van der Waals surface area contributed by atoms with Crippen LogP contribution in [0.15, 0.2) is 42.5 Å². The van der Waals surface area contributed by atoms with Crippen LogP contribution in [-0.4, -0.2) is 31.4 Å². The van der Waals surface area contributed by atoms with Gasteiger partial charge in [0.1, 0.15) is 18.5 Å². The summed E-state index contributed by atoms with van der Waals surface area (Å²) < 4.78 is 5.64. The van der Waals surface area contributed by atoms with E-state index < -0.39 is 6.10 Å². The molecule has 0 heterocycles. The molecule has 3 nitrogen and oxygen atoms in total. The molecule has 0 aliphatic rings. The lowest BCUT2D eigenvalue weighted by Crippen LogP contribution is -2.29. The van der Waals surface area contributed by atoms with Gasteiger partial charge < -0.3 is 15.2 Å². The molecule has 0 bridgehead atoms. The highest BCUT2D eigenvalue weighted by atomic mass is 16.5. The maximum atomic E-state index is 9.60. The topological polar surface area (TPSA) is 41.5 Å². The van der Waals surface area contributed by atoms with Gasteiger partial charge in [0.2, 0.25) is 0 Å². The highest BCUT2D eigenvalue weighted by molar-refractivity contribution is 5.88. The summed E-state index contributed by atoms with van der Waals surface area (Å²) in [6.45, 7) is 4.83. The number of hydrogen-bond donors (Lipinski definition) is 2. The van der Waals surface area contributed by atoms with Crippen molar-refractivity contribution in [1.29, 1.82) is 0 Å². The number of ether oxygens (including phenoxy) is 1. The van der Waals surface area contributed by atoms with Crippen molar-refractivity contribution in [3.05, 3.63) is 42.5 Å². The van der Waals surface area contributed by atoms with E-state index in [4.69, 9.17) is 4.74 Å². The average Bonchev–Trinajstić information content (AvgIpc) is 2.47. The number of hydrogen-bond acceptors (Lipinski definition) is 3. The molecule has 0 spiro atoms. The van der Waals surface area contributed by atoms with Gasteiger partial charge in [-0.25, -0.2) is 0 Å². The number of rotatable bonds is 5. The molecule has 0 unspecified atom stereocenters. The molecule has 2 aromatic carbocycles. The van der Waals surface area contributed by atoms with Gasteiger partial charge in [-0.3, -0.25) is 0 Å². The average molecular weight is 261 g/mol. The highest BCUT2D eigenvalue weighted by Gasteiger charge is 2.05. The number of nitrogens with one attached hydrogen (secondary N) is 1. The van der Waals surface area contributed by atoms with Crippen LogP contribution in [-0.2, 0) is 0 Å². The van der Waals surface area contributed by atoms with Gasteiger partial charge in [0, 0.05) is 11.9 Å². The summed E-state index contributed by atoms with van der Waals surface area (Å²) in [5.41, 5.74) is 0. The second-order valence-corrected chi connectivity index (χ2v) is 4.00. The van der Waals surface area contributed by atoms with Crippen molar-refractivity contribution in [2.24, 2.45) is 0 Å². The van der Waals surface area contributed by atoms with Crippen LogP contribution in [0.25, 0.3) is 10.8 Å². The van der Waals surface area contributed by atoms with Gasteiger partial charge in [-0.1, -0.05) is 50.2 Å². The SMILES string of the molecule is CC.CNC[C@@H](O)COc1cccc2ccccc12. The van der Waals surface area contributed by atoms with E-state index in [-0.39, 0.29) is 0 Å². The van der Waals surface area contributed by atoms with E-state index in [0.717, 1.165) is 16.5 Å². The normalized spacial score (nSPS) is 11.6. The van der Waals surface area contributed by atoms with E-state index in [9.17, 15) is 5.11 Å². The maximum Gasteiger partial charge on any atom is 0.127 e. The zero-order chi connectivity index (χ0) is 14.1. The minimum Gasteiger partial charge on any atom is -0.490 e. The van der Waals surface area contributed by atoms with Gasteiger partial charge in [0.15, 0.2) is 0 Å². The van der Waals surface area contributed by atoms with Crippen LogP contribution in [0.5, 0.6) is 5.75 Å². The van der Waals surface area contributed by atoms with E-state index in [1.54, 1.807) is 7.05 Å². The summed E-state index contributed by atoms with van der Waals surface area (Å²) in [6.07, 6.45) is -0.487. The van der Waals surface area contributed by atoms with Crippen molar-refractivity contribution in [2.75, 3.05) is 20.2 Å². The van der Waals surface area contributed by atoms with Gasteiger partial charge in [-0.05, 0) is 18.5 Å². The maximum absolute atomic E-state index is 9.60. The molecule has 0 aliphatic heterocycles. The Kier molecular flexibility index (Phi) is 6.93. The standard InChI is InChI=1S/C14H17NO2.C2H6/c1-15-9-12(16)10-17-14-8-4-6-11-5-2-3-7-13(11)14;1-2/h2-8,12,15-16H,9-10H2,1H3;1-2H3/t12-;/m1./s1. The minimum absolute atomic E-state index is 0.300. The molecule has 2 aromatic rings. The van der Waals surface area contributed by atoms with Crippen molar-refractivity contribution in [2.45, 2.75) is 20.0 Å². The van der Waals surface area contributed by atoms with Gasteiger partial charge in [-0.15, -0.1) is 0 Å². The molecule has 1 atom stereocenters. The number of likely N-dealkylation sites (N-methyl/N-ethyl adjacent to an activating group) is 1. The van der Waals surface area contributed by atoms with Crippen molar-refractivity contribution >= 4 is 10.8 Å². The molecule has 0 saturated carbocycles. The summed E-state index contributed by atoms with van der Waals surface area (Å²) in [4.78, 5) is 0. The molecular weight excluding hydrogens is 238 g/mol. The molecule has 0 aromatic heterocycles. The number of benzene rings is 2. The van der Waals surface area contributed by atoms with Crippen molar-refractivity contribution in [3.8, 4) is 5.75 Å².